The van der Waals surface area contributed by atoms with E-state index in [9.17, 15) is 4.79 Å². The van der Waals surface area contributed by atoms with E-state index in [1.54, 1.807) is 0 Å². The first-order valence-electron chi connectivity index (χ1n) is 6.46. The molecule has 1 atom stereocenters. The predicted molar refractivity (Wildman–Crippen MR) is 66.1 cm³/mol. The fourth-order valence-electron chi connectivity index (χ4n) is 2.22. The van der Waals surface area contributed by atoms with Crippen LogP contribution in [0.1, 0.15) is 32.6 Å². The number of carbonyl (C=O) groups excluding carboxylic acids is 1. The summed E-state index contributed by atoms with van der Waals surface area (Å²) in [5.41, 5.74) is 5.35. The standard InChI is InChI=1S/C12H25N3O/c1-2-6-14-7-4-9-15-8-3-5-11(10-15)12(13)16/h11,14H,2-10H2,1H3,(H2,13,16). The second kappa shape index (κ2) is 7.63. The molecular weight excluding hydrogens is 202 g/mol. The number of carbonyl (C=O) groups is 1. The third-order valence-corrected chi connectivity index (χ3v) is 3.16. The summed E-state index contributed by atoms with van der Waals surface area (Å²) in [5.74, 6) is -0.0499. The molecule has 0 bridgehead atoms. The van der Waals surface area contributed by atoms with Crippen molar-refractivity contribution < 1.29 is 4.79 Å². The van der Waals surface area contributed by atoms with Crippen LogP contribution in [0.3, 0.4) is 0 Å². The number of nitrogens with one attached hydrogen (secondary N) is 1. The van der Waals surface area contributed by atoms with E-state index in [0.29, 0.717) is 0 Å². The van der Waals surface area contributed by atoms with Crippen molar-refractivity contribution in [3.05, 3.63) is 0 Å². The Morgan fingerprint density at radius 3 is 3.00 bits per heavy atom. The van der Waals surface area contributed by atoms with Crippen LogP contribution >= 0.6 is 0 Å². The molecule has 1 heterocycles. The lowest BCUT2D eigenvalue weighted by atomic mass is 9.97. The van der Waals surface area contributed by atoms with E-state index in [0.717, 1.165) is 52.0 Å². The van der Waals surface area contributed by atoms with Gasteiger partial charge in [0.1, 0.15) is 0 Å². The van der Waals surface area contributed by atoms with Crippen LogP contribution in [0, 0.1) is 5.92 Å². The van der Waals surface area contributed by atoms with E-state index < -0.39 is 0 Å². The van der Waals surface area contributed by atoms with Crippen LogP contribution in [0.2, 0.25) is 0 Å². The first kappa shape index (κ1) is 13.5. The van der Waals surface area contributed by atoms with Gasteiger partial charge in [0.15, 0.2) is 0 Å². The summed E-state index contributed by atoms with van der Waals surface area (Å²) in [6.07, 6.45) is 4.43. The molecule has 1 aliphatic rings. The lowest BCUT2D eigenvalue weighted by Crippen LogP contribution is -2.41. The Labute approximate surface area is 98.6 Å². The molecule has 0 aromatic carbocycles. The summed E-state index contributed by atoms with van der Waals surface area (Å²) >= 11 is 0. The monoisotopic (exact) mass is 227 g/mol. The van der Waals surface area contributed by atoms with E-state index in [2.05, 4.69) is 17.1 Å². The highest BCUT2D eigenvalue weighted by Gasteiger charge is 2.23. The molecule has 1 saturated heterocycles. The Hall–Kier alpha value is -0.610. The van der Waals surface area contributed by atoms with E-state index in [4.69, 9.17) is 5.73 Å². The average molecular weight is 227 g/mol. The van der Waals surface area contributed by atoms with Crippen molar-refractivity contribution in [2.75, 3.05) is 32.7 Å². The van der Waals surface area contributed by atoms with Crippen LogP contribution in [-0.4, -0.2) is 43.5 Å². The average Bonchev–Trinajstić information content (AvgIpc) is 2.29. The number of primary amides is 1. The molecule has 1 aliphatic heterocycles. The molecule has 3 N–H and O–H groups in total. The summed E-state index contributed by atoms with van der Waals surface area (Å²) in [6, 6.07) is 0. The molecule has 1 amide bonds. The lowest BCUT2D eigenvalue weighted by molar-refractivity contribution is -0.123. The Morgan fingerprint density at radius 1 is 1.50 bits per heavy atom. The molecule has 0 saturated carbocycles. The number of nitrogens with zero attached hydrogens (tertiary/aromatic N) is 1. The van der Waals surface area contributed by atoms with Gasteiger partial charge >= 0.3 is 0 Å². The van der Waals surface area contributed by atoms with Gasteiger partial charge in [-0.05, 0) is 51.9 Å². The zero-order valence-corrected chi connectivity index (χ0v) is 10.4. The van der Waals surface area contributed by atoms with Crippen LogP contribution in [0.15, 0.2) is 0 Å². The molecule has 16 heavy (non-hydrogen) atoms. The van der Waals surface area contributed by atoms with E-state index in [1.165, 1.54) is 6.42 Å². The van der Waals surface area contributed by atoms with Crippen molar-refractivity contribution in [3.8, 4) is 0 Å². The Morgan fingerprint density at radius 2 is 2.31 bits per heavy atom. The zero-order valence-electron chi connectivity index (χ0n) is 10.4. The van der Waals surface area contributed by atoms with Crippen LogP contribution < -0.4 is 11.1 Å². The second-order valence-corrected chi connectivity index (χ2v) is 4.65. The van der Waals surface area contributed by atoms with E-state index in [1.807, 2.05) is 0 Å². The number of amides is 1. The molecule has 4 nitrogen and oxygen atoms in total. The number of piperidine rings is 1. The molecule has 4 heteroatoms. The molecule has 1 unspecified atom stereocenters. The minimum Gasteiger partial charge on any atom is -0.369 e. The van der Waals surface area contributed by atoms with Crippen LogP contribution in [-0.2, 0) is 4.79 Å². The smallest absolute Gasteiger partial charge is 0.221 e. The first-order chi connectivity index (χ1) is 7.74. The molecule has 0 aromatic heterocycles. The van der Waals surface area contributed by atoms with Crippen LogP contribution in [0.5, 0.6) is 0 Å². The van der Waals surface area contributed by atoms with Gasteiger partial charge in [-0.1, -0.05) is 6.92 Å². The van der Waals surface area contributed by atoms with Gasteiger partial charge in [0.25, 0.3) is 0 Å². The summed E-state index contributed by atoms with van der Waals surface area (Å²) in [4.78, 5) is 13.5. The molecule has 0 aromatic rings. The Bertz CT molecular complexity index is 208. The van der Waals surface area contributed by atoms with Gasteiger partial charge in [0, 0.05) is 6.54 Å². The first-order valence-corrected chi connectivity index (χ1v) is 6.46. The van der Waals surface area contributed by atoms with Crippen molar-refractivity contribution in [2.24, 2.45) is 11.7 Å². The molecular formula is C12H25N3O. The predicted octanol–water partition coefficient (Wildman–Crippen LogP) is 0.573. The maximum atomic E-state index is 11.1. The zero-order chi connectivity index (χ0) is 11.8. The highest BCUT2D eigenvalue weighted by molar-refractivity contribution is 5.76. The topological polar surface area (TPSA) is 58.4 Å². The third-order valence-electron chi connectivity index (χ3n) is 3.16. The largest absolute Gasteiger partial charge is 0.369 e. The summed E-state index contributed by atoms with van der Waals surface area (Å²) < 4.78 is 0. The number of hydrogen-bond acceptors (Lipinski definition) is 3. The van der Waals surface area contributed by atoms with Crippen molar-refractivity contribution in [1.29, 1.82) is 0 Å². The molecule has 94 valence electrons. The van der Waals surface area contributed by atoms with Crippen LogP contribution in [0.4, 0.5) is 0 Å². The second-order valence-electron chi connectivity index (χ2n) is 4.65. The summed E-state index contributed by atoms with van der Waals surface area (Å²) in [5, 5.41) is 3.39. The Balaban J connectivity index is 2.10. The normalized spacial score (nSPS) is 22.2. The highest BCUT2D eigenvalue weighted by atomic mass is 16.1. The molecule has 1 rings (SSSR count). The summed E-state index contributed by atoms with van der Waals surface area (Å²) in [6.45, 7) is 7.42. The number of hydrogen-bond donors (Lipinski definition) is 2. The lowest BCUT2D eigenvalue weighted by Gasteiger charge is -2.31. The summed E-state index contributed by atoms with van der Waals surface area (Å²) in [7, 11) is 0. The maximum Gasteiger partial charge on any atom is 0.221 e. The quantitative estimate of drug-likeness (QED) is 0.625. The Kier molecular flexibility index (Phi) is 6.42. The van der Waals surface area contributed by atoms with Gasteiger partial charge in [0.05, 0.1) is 5.92 Å². The van der Waals surface area contributed by atoms with Crippen molar-refractivity contribution in [2.45, 2.75) is 32.6 Å². The highest BCUT2D eigenvalue weighted by Crippen LogP contribution is 2.15. The van der Waals surface area contributed by atoms with Gasteiger partial charge in [-0.15, -0.1) is 0 Å². The minimum atomic E-state index is -0.131. The van der Waals surface area contributed by atoms with Gasteiger partial charge in [0.2, 0.25) is 5.91 Å². The molecule has 0 radical (unpaired) electrons. The van der Waals surface area contributed by atoms with Crippen molar-refractivity contribution in [3.63, 3.8) is 0 Å². The molecule has 0 spiro atoms. The molecule has 0 aliphatic carbocycles. The van der Waals surface area contributed by atoms with Crippen LogP contribution in [0.25, 0.3) is 0 Å². The van der Waals surface area contributed by atoms with Crippen molar-refractivity contribution >= 4 is 5.91 Å². The van der Waals surface area contributed by atoms with E-state index in [-0.39, 0.29) is 11.8 Å². The number of rotatable bonds is 7. The van der Waals surface area contributed by atoms with E-state index >= 15 is 0 Å². The van der Waals surface area contributed by atoms with Gasteiger partial charge in [-0.2, -0.15) is 0 Å². The molecule has 1 fully saturated rings. The van der Waals surface area contributed by atoms with Gasteiger partial charge in [-0.3, -0.25) is 4.79 Å². The SMILES string of the molecule is CCCNCCCN1CCCC(C(N)=O)C1. The maximum absolute atomic E-state index is 11.1. The fourth-order valence-corrected chi connectivity index (χ4v) is 2.22. The number of nitrogens with two attached hydrogens (primary N) is 1. The number of likely N-dealkylation sites (tertiary alicyclic amines) is 1. The fraction of sp³-hybridized carbons (Fsp3) is 0.917. The van der Waals surface area contributed by atoms with Gasteiger partial charge < -0.3 is 16.0 Å². The van der Waals surface area contributed by atoms with Crippen molar-refractivity contribution in [1.82, 2.24) is 10.2 Å². The van der Waals surface area contributed by atoms with Gasteiger partial charge in [-0.25, -0.2) is 0 Å². The minimum absolute atomic E-state index is 0.0809. The third kappa shape index (κ3) is 4.94.